The van der Waals surface area contributed by atoms with E-state index in [0.717, 1.165) is 13.1 Å². The van der Waals surface area contributed by atoms with Gasteiger partial charge in [0, 0.05) is 18.6 Å². The van der Waals surface area contributed by atoms with Gasteiger partial charge in [-0.15, -0.1) is 0 Å². The number of benzene rings is 1. The first-order valence-electron chi connectivity index (χ1n) is 6.96. The van der Waals surface area contributed by atoms with Crippen LogP contribution < -0.4 is 5.73 Å². The monoisotopic (exact) mass is 248 g/mol. The molecule has 0 unspecified atom stereocenters. The molecule has 0 saturated carbocycles. The molecular weight excluding hydrogens is 224 g/mol. The highest BCUT2D eigenvalue weighted by Gasteiger charge is 2.28. The van der Waals surface area contributed by atoms with Crippen molar-refractivity contribution < 1.29 is 5.11 Å². The fourth-order valence-electron chi connectivity index (χ4n) is 2.93. The van der Waals surface area contributed by atoms with Crippen molar-refractivity contribution in [3.8, 4) is 0 Å². The van der Waals surface area contributed by atoms with E-state index in [1.165, 1.54) is 24.8 Å². The van der Waals surface area contributed by atoms with Crippen LogP contribution in [0, 0.1) is 5.92 Å². The number of piperidine rings is 1. The summed E-state index contributed by atoms with van der Waals surface area (Å²) < 4.78 is 0. The van der Waals surface area contributed by atoms with Crippen molar-refractivity contribution >= 4 is 0 Å². The minimum absolute atomic E-state index is 0.130. The van der Waals surface area contributed by atoms with Crippen LogP contribution in [0.1, 0.15) is 30.9 Å². The molecule has 0 spiro atoms. The zero-order valence-corrected chi connectivity index (χ0v) is 11.0. The second-order valence-corrected chi connectivity index (χ2v) is 5.13. The van der Waals surface area contributed by atoms with Gasteiger partial charge in [0.1, 0.15) is 0 Å². The van der Waals surface area contributed by atoms with Crippen molar-refractivity contribution in [1.82, 2.24) is 4.90 Å². The van der Waals surface area contributed by atoms with Gasteiger partial charge in [0.25, 0.3) is 0 Å². The average Bonchev–Trinajstić information content (AvgIpc) is 2.46. The summed E-state index contributed by atoms with van der Waals surface area (Å²) in [6.45, 7) is 2.94. The predicted octanol–water partition coefficient (Wildman–Crippen LogP) is 1.78. The van der Waals surface area contributed by atoms with Gasteiger partial charge in [-0.05, 0) is 38.0 Å². The first kappa shape index (κ1) is 13.5. The smallest absolute Gasteiger partial charge is 0.0489 e. The lowest BCUT2D eigenvalue weighted by molar-refractivity contribution is 0.0841. The van der Waals surface area contributed by atoms with Crippen LogP contribution in [0.25, 0.3) is 0 Å². The van der Waals surface area contributed by atoms with Gasteiger partial charge in [-0.25, -0.2) is 0 Å². The first-order chi connectivity index (χ1) is 8.86. The SMILES string of the molecule is NC[C@@H](CO)[C@H](c1ccccc1)N1CCCCC1. The van der Waals surface area contributed by atoms with Gasteiger partial charge in [-0.2, -0.15) is 0 Å². The van der Waals surface area contributed by atoms with E-state index in [1.54, 1.807) is 0 Å². The summed E-state index contributed by atoms with van der Waals surface area (Å²) in [7, 11) is 0. The maximum atomic E-state index is 9.58. The molecule has 0 radical (unpaired) electrons. The maximum absolute atomic E-state index is 9.58. The molecule has 1 aliphatic rings. The number of nitrogens with two attached hydrogens (primary N) is 1. The number of hydrogen-bond donors (Lipinski definition) is 2. The molecule has 2 atom stereocenters. The fraction of sp³-hybridized carbons (Fsp3) is 0.600. The summed E-state index contributed by atoms with van der Waals surface area (Å²) in [6.07, 6.45) is 3.84. The maximum Gasteiger partial charge on any atom is 0.0489 e. The molecule has 1 aromatic rings. The topological polar surface area (TPSA) is 49.5 Å². The summed E-state index contributed by atoms with van der Waals surface area (Å²) in [5.41, 5.74) is 7.12. The lowest BCUT2D eigenvalue weighted by atomic mass is 9.90. The summed E-state index contributed by atoms with van der Waals surface area (Å²) in [5.74, 6) is 0.130. The van der Waals surface area contributed by atoms with Gasteiger partial charge < -0.3 is 10.8 Å². The molecule has 1 aliphatic heterocycles. The molecule has 3 nitrogen and oxygen atoms in total. The largest absolute Gasteiger partial charge is 0.396 e. The predicted molar refractivity (Wildman–Crippen MR) is 74.2 cm³/mol. The molecule has 3 N–H and O–H groups in total. The summed E-state index contributed by atoms with van der Waals surface area (Å²) in [6, 6.07) is 10.7. The third kappa shape index (κ3) is 3.10. The molecule has 1 heterocycles. The number of rotatable bonds is 5. The van der Waals surface area contributed by atoms with Crippen LogP contribution in [0.3, 0.4) is 0 Å². The van der Waals surface area contributed by atoms with E-state index in [1.807, 2.05) is 6.07 Å². The minimum atomic E-state index is 0.130. The van der Waals surface area contributed by atoms with Crippen molar-refractivity contribution in [2.75, 3.05) is 26.2 Å². The Balaban J connectivity index is 2.21. The van der Waals surface area contributed by atoms with E-state index in [0.29, 0.717) is 6.54 Å². The molecule has 18 heavy (non-hydrogen) atoms. The lowest BCUT2D eigenvalue weighted by Crippen LogP contribution is -2.41. The molecule has 1 aromatic carbocycles. The van der Waals surface area contributed by atoms with Crippen LogP contribution in [0.15, 0.2) is 30.3 Å². The van der Waals surface area contributed by atoms with Crippen LogP contribution in [0.5, 0.6) is 0 Å². The number of likely N-dealkylation sites (tertiary alicyclic amines) is 1. The molecule has 2 rings (SSSR count). The van der Waals surface area contributed by atoms with Crippen molar-refractivity contribution in [1.29, 1.82) is 0 Å². The van der Waals surface area contributed by atoms with Crippen LogP contribution in [-0.2, 0) is 0 Å². The Labute approximate surface area is 110 Å². The fourth-order valence-corrected chi connectivity index (χ4v) is 2.93. The first-order valence-corrected chi connectivity index (χ1v) is 6.96. The molecule has 0 aliphatic carbocycles. The minimum Gasteiger partial charge on any atom is -0.396 e. The summed E-state index contributed by atoms with van der Waals surface area (Å²) in [4.78, 5) is 2.49. The molecule has 0 bridgehead atoms. The van der Waals surface area contributed by atoms with E-state index < -0.39 is 0 Å². The Bertz CT molecular complexity index is 332. The van der Waals surface area contributed by atoms with Crippen molar-refractivity contribution in [2.24, 2.45) is 11.7 Å². The van der Waals surface area contributed by atoms with Gasteiger partial charge in [-0.1, -0.05) is 36.8 Å². The Morgan fingerprint density at radius 3 is 2.33 bits per heavy atom. The Hall–Kier alpha value is -0.900. The Morgan fingerprint density at radius 1 is 1.11 bits per heavy atom. The van der Waals surface area contributed by atoms with E-state index in [2.05, 4.69) is 29.2 Å². The molecule has 1 fully saturated rings. The zero-order valence-electron chi connectivity index (χ0n) is 11.0. The highest BCUT2D eigenvalue weighted by Crippen LogP contribution is 2.30. The molecule has 0 aromatic heterocycles. The zero-order chi connectivity index (χ0) is 12.8. The van der Waals surface area contributed by atoms with E-state index in [9.17, 15) is 5.11 Å². The lowest BCUT2D eigenvalue weighted by Gasteiger charge is -2.38. The van der Waals surface area contributed by atoms with Crippen LogP contribution in [0.2, 0.25) is 0 Å². The van der Waals surface area contributed by atoms with Crippen LogP contribution in [0.4, 0.5) is 0 Å². The number of hydrogen-bond acceptors (Lipinski definition) is 3. The molecule has 0 amide bonds. The second-order valence-electron chi connectivity index (χ2n) is 5.13. The van der Waals surface area contributed by atoms with Crippen molar-refractivity contribution in [2.45, 2.75) is 25.3 Å². The average molecular weight is 248 g/mol. The molecule has 100 valence electrons. The van der Waals surface area contributed by atoms with Crippen LogP contribution in [-0.4, -0.2) is 36.2 Å². The number of nitrogens with zero attached hydrogens (tertiary/aromatic N) is 1. The quantitative estimate of drug-likeness (QED) is 0.835. The summed E-state index contributed by atoms with van der Waals surface area (Å²) in [5, 5.41) is 9.58. The molecule has 3 heteroatoms. The third-order valence-corrected chi connectivity index (χ3v) is 3.91. The highest BCUT2D eigenvalue weighted by atomic mass is 16.3. The standard InChI is InChI=1S/C15H24N2O/c16-11-14(12-18)15(13-7-3-1-4-8-13)17-9-5-2-6-10-17/h1,3-4,7-8,14-15,18H,2,5-6,9-12,16H2/t14-,15-/m0/s1. The van der Waals surface area contributed by atoms with E-state index in [4.69, 9.17) is 5.73 Å². The highest BCUT2D eigenvalue weighted by molar-refractivity contribution is 5.20. The van der Waals surface area contributed by atoms with Gasteiger partial charge in [-0.3, -0.25) is 4.90 Å². The normalized spacial score (nSPS) is 20.6. The van der Waals surface area contributed by atoms with Gasteiger partial charge >= 0.3 is 0 Å². The molecular formula is C15H24N2O. The van der Waals surface area contributed by atoms with Crippen molar-refractivity contribution in [3.63, 3.8) is 0 Å². The van der Waals surface area contributed by atoms with E-state index >= 15 is 0 Å². The second kappa shape index (κ2) is 6.88. The summed E-state index contributed by atoms with van der Waals surface area (Å²) >= 11 is 0. The van der Waals surface area contributed by atoms with E-state index in [-0.39, 0.29) is 18.6 Å². The van der Waals surface area contributed by atoms with Crippen LogP contribution >= 0.6 is 0 Å². The number of aliphatic hydroxyl groups excluding tert-OH is 1. The Morgan fingerprint density at radius 2 is 1.78 bits per heavy atom. The van der Waals surface area contributed by atoms with Gasteiger partial charge in [0.2, 0.25) is 0 Å². The van der Waals surface area contributed by atoms with Gasteiger partial charge in [0.05, 0.1) is 0 Å². The third-order valence-electron chi connectivity index (χ3n) is 3.91. The van der Waals surface area contributed by atoms with Gasteiger partial charge in [0.15, 0.2) is 0 Å². The Kier molecular flexibility index (Phi) is 5.17. The van der Waals surface area contributed by atoms with Crippen molar-refractivity contribution in [3.05, 3.63) is 35.9 Å². The number of aliphatic hydroxyl groups is 1. The molecule has 1 saturated heterocycles.